The number of nitrogens with zero attached hydrogens (tertiary/aromatic N) is 1. The van der Waals surface area contributed by atoms with E-state index in [1.54, 1.807) is 0 Å². The first kappa shape index (κ1) is 13.7. The average molecular weight is 215 g/mol. The fourth-order valence-corrected chi connectivity index (χ4v) is 1.04. The first-order chi connectivity index (χ1) is 6.93. The van der Waals surface area contributed by atoms with Crippen LogP contribution in [0.5, 0.6) is 0 Å². The highest BCUT2D eigenvalue weighted by Crippen LogP contribution is 1.95. The highest BCUT2D eigenvalue weighted by Gasteiger charge is 2.12. The second kappa shape index (κ2) is 7.05. The zero-order chi connectivity index (χ0) is 11.8. The molecule has 0 heterocycles. The molecule has 0 saturated heterocycles. The molecule has 0 unspecified atom stereocenters. The van der Waals surface area contributed by atoms with E-state index in [2.05, 4.69) is 10.3 Å². The van der Waals surface area contributed by atoms with E-state index < -0.39 is 6.04 Å². The van der Waals surface area contributed by atoms with Gasteiger partial charge >= 0.3 is 0 Å². The Morgan fingerprint density at radius 3 is 2.47 bits per heavy atom. The van der Waals surface area contributed by atoms with Gasteiger partial charge in [0.15, 0.2) is 5.96 Å². The van der Waals surface area contributed by atoms with Gasteiger partial charge in [-0.05, 0) is 26.7 Å². The SMILES string of the molecule is CC(C)NC(=O)[C@@H](N)CCCN=C(N)N. The first-order valence-electron chi connectivity index (χ1n) is 5.04. The Bertz CT molecular complexity index is 223. The van der Waals surface area contributed by atoms with E-state index in [-0.39, 0.29) is 17.9 Å². The Balaban J connectivity index is 3.69. The lowest BCUT2D eigenvalue weighted by Crippen LogP contribution is -2.43. The van der Waals surface area contributed by atoms with E-state index in [0.29, 0.717) is 19.4 Å². The van der Waals surface area contributed by atoms with E-state index >= 15 is 0 Å². The molecule has 6 nitrogen and oxygen atoms in total. The monoisotopic (exact) mass is 215 g/mol. The van der Waals surface area contributed by atoms with Crippen LogP contribution in [0.2, 0.25) is 0 Å². The summed E-state index contributed by atoms with van der Waals surface area (Å²) in [6, 6.07) is -0.372. The van der Waals surface area contributed by atoms with Crippen molar-refractivity contribution in [2.75, 3.05) is 6.54 Å². The van der Waals surface area contributed by atoms with Gasteiger partial charge < -0.3 is 22.5 Å². The summed E-state index contributed by atoms with van der Waals surface area (Å²) in [5.74, 6) is -0.0649. The predicted molar refractivity (Wildman–Crippen MR) is 61.2 cm³/mol. The van der Waals surface area contributed by atoms with Crippen molar-refractivity contribution in [1.82, 2.24) is 5.32 Å². The number of amides is 1. The number of nitrogens with one attached hydrogen (secondary N) is 1. The number of aliphatic imine (C=N–C) groups is 1. The van der Waals surface area contributed by atoms with Crippen molar-refractivity contribution in [2.45, 2.75) is 38.8 Å². The second-order valence-electron chi connectivity index (χ2n) is 3.72. The number of nitrogens with two attached hydrogens (primary N) is 3. The van der Waals surface area contributed by atoms with E-state index in [4.69, 9.17) is 17.2 Å². The fourth-order valence-electron chi connectivity index (χ4n) is 1.04. The molecule has 0 radical (unpaired) electrons. The van der Waals surface area contributed by atoms with Crippen LogP contribution in [0.25, 0.3) is 0 Å². The molecule has 0 rings (SSSR count). The van der Waals surface area contributed by atoms with Crippen LogP contribution >= 0.6 is 0 Å². The molecule has 0 aliphatic heterocycles. The summed E-state index contributed by atoms with van der Waals surface area (Å²) in [5, 5.41) is 2.74. The van der Waals surface area contributed by atoms with Gasteiger partial charge in [0.1, 0.15) is 0 Å². The summed E-state index contributed by atoms with van der Waals surface area (Å²) in [6.07, 6.45) is 1.28. The topological polar surface area (TPSA) is 120 Å². The highest BCUT2D eigenvalue weighted by atomic mass is 16.2. The van der Waals surface area contributed by atoms with Gasteiger partial charge in [-0.25, -0.2) is 0 Å². The summed E-state index contributed by atoms with van der Waals surface area (Å²) in [4.78, 5) is 15.2. The zero-order valence-corrected chi connectivity index (χ0v) is 9.36. The maximum absolute atomic E-state index is 11.4. The fraction of sp³-hybridized carbons (Fsp3) is 0.778. The Hall–Kier alpha value is -1.30. The quantitative estimate of drug-likeness (QED) is 0.255. The van der Waals surface area contributed by atoms with Gasteiger partial charge in [-0.3, -0.25) is 9.79 Å². The molecule has 15 heavy (non-hydrogen) atoms. The minimum Gasteiger partial charge on any atom is -0.370 e. The average Bonchev–Trinajstić information content (AvgIpc) is 2.10. The lowest BCUT2D eigenvalue weighted by Gasteiger charge is -2.13. The largest absolute Gasteiger partial charge is 0.370 e. The molecule has 1 amide bonds. The molecule has 6 heteroatoms. The Morgan fingerprint density at radius 1 is 1.40 bits per heavy atom. The molecule has 0 fully saturated rings. The van der Waals surface area contributed by atoms with Crippen LogP contribution in [0.15, 0.2) is 4.99 Å². The summed E-state index contributed by atoms with van der Waals surface area (Å²) in [6.45, 7) is 4.29. The van der Waals surface area contributed by atoms with Crippen molar-refractivity contribution < 1.29 is 4.79 Å². The molecule has 0 aromatic heterocycles. The van der Waals surface area contributed by atoms with Crippen LogP contribution < -0.4 is 22.5 Å². The summed E-state index contributed by atoms with van der Waals surface area (Å²) >= 11 is 0. The van der Waals surface area contributed by atoms with Crippen molar-refractivity contribution in [1.29, 1.82) is 0 Å². The highest BCUT2D eigenvalue weighted by molar-refractivity contribution is 5.81. The van der Waals surface area contributed by atoms with Gasteiger partial charge in [-0.2, -0.15) is 0 Å². The third-order valence-electron chi connectivity index (χ3n) is 1.74. The normalized spacial score (nSPS) is 12.3. The van der Waals surface area contributed by atoms with Crippen LogP contribution in [-0.2, 0) is 4.79 Å². The molecule has 7 N–H and O–H groups in total. The number of guanidine groups is 1. The Labute approximate surface area is 90.3 Å². The minimum atomic E-state index is -0.485. The van der Waals surface area contributed by atoms with E-state index in [1.165, 1.54) is 0 Å². The molecule has 0 aliphatic rings. The Kier molecular flexibility index (Phi) is 6.44. The van der Waals surface area contributed by atoms with Crippen LogP contribution in [0.1, 0.15) is 26.7 Å². The van der Waals surface area contributed by atoms with Crippen molar-refractivity contribution in [3.05, 3.63) is 0 Å². The number of hydrogen-bond acceptors (Lipinski definition) is 3. The standard InChI is InChI=1S/C9H21N5O/c1-6(2)14-8(15)7(10)4-3-5-13-9(11)12/h6-7H,3-5,10H2,1-2H3,(H,14,15)(H4,11,12,13)/t7-/m0/s1. The van der Waals surface area contributed by atoms with E-state index in [1.807, 2.05) is 13.8 Å². The van der Waals surface area contributed by atoms with E-state index in [9.17, 15) is 4.79 Å². The van der Waals surface area contributed by atoms with Crippen molar-refractivity contribution in [3.63, 3.8) is 0 Å². The third kappa shape index (κ3) is 7.75. The van der Waals surface area contributed by atoms with Crippen LogP contribution in [0.3, 0.4) is 0 Å². The summed E-state index contributed by atoms with van der Waals surface area (Å²) in [5.41, 5.74) is 16.0. The lowest BCUT2D eigenvalue weighted by molar-refractivity contribution is -0.123. The van der Waals surface area contributed by atoms with Crippen LogP contribution in [-0.4, -0.2) is 30.5 Å². The maximum Gasteiger partial charge on any atom is 0.237 e. The first-order valence-corrected chi connectivity index (χ1v) is 5.04. The second-order valence-corrected chi connectivity index (χ2v) is 3.72. The minimum absolute atomic E-state index is 0.0650. The van der Waals surface area contributed by atoms with Gasteiger partial charge in [0, 0.05) is 12.6 Å². The van der Waals surface area contributed by atoms with Gasteiger partial charge in [0.05, 0.1) is 6.04 Å². The molecule has 1 atom stereocenters. The zero-order valence-electron chi connectivity index (χ0n) is 9.36. The number of hydrogen-bond donors (Lipinski definition) is 4. The molecule has 0 aromatic rings. The lowest BCUT2D eigenvalue weighted by atomic mass is 10.1. The number of rotatable bonds is 6. The number of carbonyl (C=O) groups excluding carboxylic acids is 1. The van der Waals surface area contributed by atoms with Gasteiger partial charge in [-0.15, -0.1) is 0 Å². The molecule has 0 bridgehead atoms. The molecular formula is C9H21N5O. The molecule has 0 saturated carbocycles. The van der Waals surface area contributed by atoms with Gasteiger partial charge in [0.25, 0.3) is 0 Å². The predicted octanol–water partition coefficient (Wildman–Crippen LogP) is -1.11. The van der Waals surface area contributed by atoms with Crippen molar-refractivity contribution >= 4 is 11.9 Å². The maximum atomic E-state index is 11.4. The van der Waals surface area contributed by atoms with Crippen molar-refractivity contribution in [2.24, 2.45) is 22.2 Å². The van der Waals surface area contributed by atoms with Gasteiger partial charge in [0.2, 0.25) is 5.91 Å². The van der Waals surface area contributed by atoms with Crippen LogP contribution in [0.4, 0.5) is 0 Å². The number of carbonyl (C=O) groups is 1. The summed E-state index contributed by atoms with van der Waals surface area (Å²) in [7, 11) is 0. The summed E-state index contributed by atoms with van der Waals surface area (Å²) < 4.78 is 0. The Morgan fingerprint density at radius 2 is 2.00 bits per heavy atom. The molecular weight excluding hydrogens is 194 g/mol. The van der Waals surface area contributed by atoms with Gasteiger partial charge in [-0.1, -0.05) is 0 Å². The molecule has 88 valence electrons. The molecule has 0 aliphatic carbocycles. The molecule has 0 aromatic carbocycles. The molecule has 0 spiro atoms. The third-order valence-corrected chi connectivity index (χ3v) is 1.74. The van der Waals surface area contributed by atoms with Crippen LogP contribution in [0, 0.1) is 0 Å². The van der Waals surface area contributed by atoms with E-state index in [0.717, 1.165) is 0 Å². The van der Waals surface area contributed by atoms with Crippen molar-refractivity contribution in [3.8, 4) is 0 Å². The smallest absolute Gasteiger partial charge is 0.237 e.